The SMILES string of the molecule is Cc1csc(CC(N)c2ccc(Cl)o2)n1. The number of aromatic nitrogens is 1. The van der Waals surface area contributed by atoms with Crippen LogP contribution in [0.2, 0.25) is 5.22 Å². The van der Waals surface area contributed by atoms with E-state index in [1.807, 2.05) is 12.3 Å². The van der Waals surface area contributed by atoms with Crippen molar-refractivity contribution in [1.29, 1.82) is 0 Å². The minimum atomic E-state index is -0.178. The van der Waals surface area contributed by atoms with Gasteiger partial charge >= 0.3 is 0 Å². The molecule has 5 heteroatoms. The highest BCUT2D eigenvalue weighted by Gasteiger charge is 2.13. The van der Waals surface area contributed by atoms with Gasteiger partial charge in [0, 0.05) is 17.5 Å². The molecule has 0 saturated heterocycles. The zero-order valence-corrected chi connectivity index (χ0v) is 9.81. The summed E-state index contributed by atoms with van der Waals surface area (Å²) in [6.07, 6.45) is 0.683. The van der Waals surface area contributed by atoms with Crippen LogP contribution in [0.15, 0.2) is 21.9 Å². The molecule has 0 bridgehead atoms. The smallest absolute Gasteiger partial charge is 0.193 e. The highest BCUT2D eigenvalue weighted by atomic mass is 35.5. The summed E-state index contributed by atoms with van der Waals surface area (Å²) in [6.45, 7) is 1.97. The number of nitrogens with zero attached hydrogens (tertiary/aromatic N) is 1. The van der Waals surface area contributed by atoms with Crippen LogP contribution in [0.1, 0.15) is 22.5 Å². The van der Waals surface area contributed by atoms with Crippen LogP contribution in [0.4, 0.5) is 0 Å². The molecule has 3 nitrogen and oxygen atoms in total. The fraction of sp³-hybridized carbons (Fsp3) is 0.300. The summed E-state index contributed by atoms with van der Waals surface area (Å²) in [5.74, 6) is 0.702. The normalized spacial score (nSPS) is 13.0. The molecule has 0 aliphatic rings. The highest BCUT2D eigenvalue weighted by Crippen LogP contribution is 2.22. The molecule has 0 aliphatic heterocycles. The van der Waals surface area contributed by atoms with Gasteiger partial charge in [0.2, 0.25) is 0 Å². The minimum Gasteiger partial charge on any atom is -0.448 e. The van der Waals surface area contributed by atoms with Crippen molar-refractivity contribution in [2.45, 2.75) is 19.4 Å². The molecule has 0 radical (unpaired) electrons. The van der Waals surface area contributed by atoms with E-state index < -0.39 is 0 Å². The minimum absolute atomic E-state index is 0.178. The van der Waals surface area contributed by atoms with Crippen molar-refractivity contribution in [1.82, 2.24) is 4.98 Å². The molecule has 80 valence electrons. The summed E-state index contributed by atoms with van der Waals surface area (Å²) < 4.78 is 5.24. The van der Waals surface area contributed by atoms with Crippen molar-refractivity contribution in [3.05, 3.63) is 39.2 Å². The van der Waals surface area contributed by atoms with Gasteiger partial charge in [-0.3, -0.25) is 0 Å². The van der Waals surface area contributed by atoms with E-state index in [-0.39, 0.29) is 6.04 Å². The summed E-state index contributed by atoms with van der Waals surface area (Å²) in [6, 6.07) is 3.32. The third-order valence-electron chi connectivity index (χ3n) is 2.02. The lowest BCUT2D eigenvalue weighted by molar-refractivity contribution is 0.466. The maximum absolute atomic E-state index is 5.96. The van der Waals surface area contributed by atoms with Crippen molar-refractivity contribution >= 4 is 22.9 Å². The van der Waals surface area contributed by atoms with E-state index in [0.29, 0.717) is 17.4 Å². The molecule has 2 N–H and O–H groups in total. The zero-order chi connectivity index (χ0) is 10.8. The van der Waals surface area contributed by atoms with Gasteiger partial charge in [-0.15, -0.1) is 11.3 Å². The van der Waals surface area contributed by atoms with E-state index in [1.165, 1.54) is 0 Å². The molecule has 1 atom stereocenters. The summed E-state index contributed by atoms with van der Waals surface area (Å²) in [5, 5.41) is 3.40. The predicted octanol–water partition coefficient (Wildman–Crippen LogP) is 2.94. The second-order valence-electron chi connectivity index (χ2n) is 3.34. The first-order valence-corrected chi connectivity index (χ1v) is 5.83. The largest absolute Gasteiger partial charge is 0.448 e. The molecule has 0 aromatic carbocycles. The predicted molar refractivity (Wildman–Crippen MR) is 61.2 cm³/mol. The number of hydrogen-bond acceptors (Lipinski definition) is 4. The Kier molecular flexibility index (Phi) is 3.09. The molecule has 2 aromatic rings. The molecule has 2 heterocycles. The summed E-state index contributed by atoms with van der Waals surface area (Å²) in [4.78, 5) is 4.35. The molecule has 15 heavy (non-hydrogen) atoms. The average molecular weight is 243 g/mol. The Morgan fingerprint density at radius 1 is 1.60 bits per heavy atom. The number of halogens is 1. The van der Waals surface area contributed by atoms with Gasteiger partial charge in [0.15, 0.2) is 5.22 Å². The van der Waals surface area contributed by atoms with Crippen LogP contribution < -0.4 is 5.73 Å². The lowest BCUT2D eigenvalue weighted by atomic mass is 10.2. The Labute approximate surface area is 96.9 Å². The van der Waals surface area contributed by atoms with E-state index >= 15 is 0 Å². The number of aryl methyl sites for hydroxylation is 1. The Morgan fingerprint density at radius 2 is 2.40 bits per heavy atom. The second-order valence-corrected chi connectivity index (χ2v) is 4.65. The van der Waals surface area contributed by atoms with Gasteiger partial charge in [0.05, 0.1) is 11.0 Å². The van der Waals surface area contributed by atoms with Crippen LogP contribution in [-0.2, 0) is 6.42 Å². The van der Waals surface area contributed by atoms with E-state index in [4.69, 9.17) is 21.8 Å². The summed E-state index contributed by atoms with van der Waals surface area (Å²) >= 11 is 7.29. The number of furan rings is 1. The Hall–Kier alpha value is -0.840. The molecule has 0 fully saturated rings. The second kappa shape index (κ2) is 4.35. The molecule has 1 unspecified atom stereocenters. The van der Waals surface area contributed by atoms with Gasteiger partial charge in [-0.05, 0) is 30.7 Å². The molecule has 0 spiro atoms. The third kappa shape index (κ3) is 2.59. The van der Waals surface area contributed by atoms with Gasteiger partial charge in [-0.1, -0.05) is 0 Å². The van der Waals surface area contributed by atoms with Crippen LogP contribution in [-0.4, -0.2) is 4.98 Å². The first kappa shape index (κ1) is 10.7. The van der Waals surface area contributed by atoms with Crippen LogP contribution in [0.5, 0.6) is 0 Å². The zero-order valence-electron chi connectivity index (χ0n) is 8.24. The fourth-order valence-corrected chi connectivity index (χ4v) is 2.30. The number of thiazole rings is 1. The van der Waals surface area contributed by atoms with Crippen molar-refractivity contribution in [2.24, 2.45) is 5.73 Å². The Morgan fingerprint density at radius 3 is 2.93 bits per heavy atom. The molecule has 0 saturated carbocycles. The van der Waals surface area contributed by atoms with Crippen LogP contribution in [0, 0.1) is 6.92 Å². The molecular weight excluding hydrogens is 232 g/mol. The van der Waals surface area contributed by atoms with Crippen molar-refractivity contribution in [2.75, 3.05) is 0 Å². The first-order chi connectivity index (χ1) is 7.15. The lowest BCUT2D eigenvalue weighted by Crippen LogP contribution is -2.12. The van der Waals surface area contributed by atoms with E-state index in [1.54, 1.807) is 23.5 Å². The Balaban J connectivity index is 2.06. The van der Waals surface area contributed by atoms with E-state index in [0.717, 1.165) is 10.7 Å². The molecule has 2 rings (SSSR count). The third-order valence-corrected chi connectivity index (χ3v) is 3.21. The van der Waals surface area contributed by atoms with Crippen molar-refractivity contribution in [3.63, 3.8) is 0 Å². The van der Waals surface area contributed by atoms with Gasteiger partial charge in [0.25, 0.3) is 0 Å². The molecule has 0 amide bonds. The van der Waals surface area contributed by atoms with Gasteiger partial charge in [0.1, 0.15) is 5.76 Å². The number of hydrogen-bond donors (Lipinski definition) is 1. The molecular formula is C10H11ClN2OS. The van der Waals surface area contributed by atoms with Crippen molar-refractivity contribution < 1.29 is 4.42 Å². The standard InChI is InChI=1S/C10H11ClN2OS/c1-6-5-15-10(13-6)4-7(12)8-2-3-9(11)14-8/h2-3,5,7H,4,12H2,1H3. The van der Waals surface area contributed by atoms with Gasteiger partial charge in [-0.25, -0.2) is 4.98 Å². The first-order valence-electron chi connectivity index (χ1n) is 4.57. The lowest BCUT2D eigenvalue weighted by Gasteiger charge is -2.05. The summed E-state index contributed by atoms with van der Waals surface area (Å²) in [5.41, 5.74) is 6.99. The van der Waals surface area contributed by atoms with Crippen LogP contribution >= 0.6 is 22.9 Å². The van der Waals surface area contributed by atoms with Crippen LogP contribution in [0.3, 0.4) is 0 Å². The number of rotatable bonds is 3. The van der Waals surface area contributed by atoms with E-state index in [2.05, 4.69) is 4.98 Å². The Bertz CT molecular complexity index is 452. The maximum Gasteiger partial charge on any atom is 0.193 e. The van der Waals surface area contributed by atoms with Crippen molar-refractivity contribution in [3.8, 4) is 0 Å². The van der Waals surface area contributed by atoms with E-state index in [9.17, 15) is 0 Å². The fourth-order valence-electron chi connectivity index (χ4n) is 1.31. The topological polar surface area (TPSA) is 52.0 Å². The summed E-state index contributed by atoms with van der Waals surface area (Å²) in [7, 11) is 0. The highest BCUT2D eigenvalue weighted by molar-refractivity contribution is 7.09. The molecule has 0 aliphatic carbocycles. The average Bonchev–Trinajstić information content (AvgIpc) is 2.75. The quantitative estimate of drug-likeness (QED) is 0.900. The molecule has 2 aromatic heterocycles. The number of nitrogens with two attached hydrogens (primary N) is 1. The maximum atomic E-state index is 5.96. The van der Waals surface area contributed by atoms with Gasteiger partial charge in [-0.2, -0.15) is 0 Å². The monoisotopic (exact) mass is 242 g/mol. The van der Waals surface area contributed by atoms with Crippen LogP contribution in [0.25, 0.3) is 0 Å². The van der Waals surface area contributed by atoms with Gasteiger partial charge < -0.3 is 10.2 Å².